The Labute approximate surface area is 186 Å². The van der Waals surface area contributed by atoms with Crippen LogP contribution in [0, 0.1) is 31.9 Å². The molecule has 0 fully saturated rings. The standard InChI is InChI=1S/C21H16IN3O5/c1-13-20(25(26)27)18(30-24-13)8-7-14-9-17(22)21(19(10-14)28-2)29-12-16-6-4-3-5-15(16)11-23/h3-10H,12H2,1-2H3/b8-7+. The molecule has 3 rings (SSSR count). The number of nitro groups is 1. The molecule has 0 saturated heterocycles. The molecule has 0 unspecified atom stereocenters. The van der Waals surface area contributed by atoms with Crippen molar-refractivity contribution in [3.63, 3.8) is 0 Å². The summed E-state index contributed by atoms with van der Waals surface area (Å²) in [6.07, 6.45) is 3.17. The molecule has 2 aromatic carbocycles. The van der Waals surface area contributed by atoms with Crippen LogP contribution < -0.4 is 9.47 Å². The molecule has 0 aliphatic rings. The second-order valence-corrected chi connectivity index (χ2v) is 7.33. The number of nitrogens with zero attached hydrogens (tertiary/aromatic N) is 3. The van der Waals surface area contributed by atoms with E-state index in [2.05, 4.69) is 33.8 Å². The van der Waals surface area contributed by atoms with Crippen LogP contribution in [0.15, 0.2) is 40.9 Å². The summed E-state index contributed by atoms with van der Waals surface area (Å²) >= 11 is 2.12. The number of nitriles is 1. The van der Waals surface area contributed by atoms with Crippen LogP contribution in [0.1, 0.15) is 28.1 Å². The van der Waals surface area contributed by atoms with Gasteiger partial charge < -0.3 is 14.0 Å². The number of methoxy groups -OCH3 is 1. The van der Waals surface area contributed by atoms with E-state index in [0.717, 1.165) is 14.7 Å². The third-order valence-corrected chi connectivity index (χ3v) is 5.03. The van der Waals surface area contributed by atoms with Crippen LogP contribution in [0.4, 0.5) is 5.69 Å². The van der Waals surface area contributed by atoms with E-state index in [1.165, 1.54) is 20.1 Å². The maximum Gasteiger partial charge on any atom is 0.338 e. The number of halogens is 1. The van der Waals surface area contributed by atoms with Gasteiger partial charge in [-0.3, -0.25) is 10.1 Å². The highest BCUT2D eigenvalue weighted by Gasteiger charge is 2.22. The first-order valence-electron chi connectivity index (χ1n) is 8.71. The van der Waals surface area contributed by atoms with Gasteiger partial charge >= 0.3 is 5.69 Å². The van der Waals surface area contributed by atoms with Crippen LogP contribution in [0.3, 0.4) is 0 Å². The number of ether oxygens (including phenoxy) is 2. The Hall–Kier alpha value is -3.39. The fourth-order valence-electron chi connectivity index (χ4n) is 2.77. The van der Waals surface area contributed by atoms with Gasteiger partial charge in [-0.1, -0.05) is 29.4 Å². The molecular weight excluding hydrogens is 501 g/mol. The van der Waals surface area contributed by atoms with Gasteiger partial charge in [0.2, 0.25) is 5.76 Å². The van der Waals surface area contributed by atoms with Gasteiger partial charge in [0.25, 0.3) is 0 Å². The molecule has 0 amide bonds. The van der Waals surface area contributed by atoms with E-state index in [0.29, 0.717) is 17.1 Å². The van der Waals surface area contributed by atoms with Gasteiger partial charge in [0.05, 0.1) is 27.2 Å². The van der Waals surface area contributed by atoms with Crippen LogP contribution in [-0.4, -0.2) is 17.2 Å². The van der Waals surface area contributed by atoms with E-state index in [1.807, 2.05) is 18.2 Å². The zero-order valence-electron chi connectivity index (χ0n) is 16.1. The molecule has 0 N–H and O–H groups in total. The lowest BCUT2D eigenvalue weighted by atomic mass is 10.1. The second kappa shape index (κ2) is 9.41. The Balaban J connectivity index is 1.86. The van der Waals surface area contributed by atoms with Crippen molar-refractivity contribution in [2.45, 2.75) is 13.5 Å². The van der Waals surface area contributed by atoms with Crippen LogP contribution in [0.5, 0.6) is 11.5 Å². The average molecular weight is 517 g/mol. The van der Waals surface area contributed by atoms with Crippen LogP contribution in [0.2, 0.25) is 0 Å². The number of hydrogen-bond acceptors (Lipinski definition) is 7. The summed E-state index contributed by atoms with van der Waals surface area (Å²) in [4.78, 5) is 10.6. The monoisotopic (exact) mass is 517 g/mol. The van der Waals surface area contributed by atoms with E-state index in [1.54, 1.807) is 24.3 Å². The molecule has 8 nitrogen and oxygen atoms in total. The van der Waals surface area contributed by atoms with Crippen molar-refractivity contribution >= 4 is 40.4 Å². The molecule has 9 heteroatoms. The average Bonchev–Trinajstić information content (AvgIpc) is 3.11. The lowest BCUT2D eigenvalue weighted by Crippen LogP contribution is -2.01. The molecule has 0 saturated carbocycles. The number of hydrogen-bond donors (Lipinski definition) is 0. The number of aromatic nitrogens is 1. The largest absolute Gasteiger partial charge is 0.493 e. The summed E-state index contributed by atoms with van der Waals surface area (Å²) < 4.78 is 17.2. The lowest BCUT2D eigenvalue weighted by molar-refractivity contribution is -0.386. The number of benzene rings is 2. The van der Waals surface area contributed by atoms with Crippen LogP contribution in [0.25, 0.3) is 12.2 Å². The van der Waals surface area contributed by atoms with Crippen molar-refractivity contribution in [3.8, 4) is 17.6 Å². The number of rotatable bonds is 7. The Morgan fingerprint density at radius 1 is 1.33 bits per heavy atom. The Kier molecular flexibility index (Phi) is 6.68. The third kappa shape index (κ3) is 4.60. The van der Waals surface area contributed by atoms with Gasteiger partial charge in [0, 0.05) is 5.56 Å². The fourth-order valence-corrected chi connectivity index (χ4v) is 3.55. The van der Waals surface area contributed by atoms with Gasteiger partial charge in [0.1, 0.15) is 6.61 Å². The first-order chi connectivity index (χ1) is 14.4. The zero-order chi connectivity index (χ0) is 21.7. The summed E-state index contributed by atoms with van der Waals surface area (Å²) in [7, 11) is 1.53. The Bertz CT molecular complexity index is 1160. The summed E-state index contributed by atoms with van der Waals surface area (Å²) in [6, 6.07) is 13.0. The van der Waals surface area contributed by atoms with E-state index in [4.69, 9.17) is 14.0 Å². The molecule has 0 aliphatic heterocycles. The van der Waals surface area contributed by atoms with E-state index in [-0.39, 0.29) is 23.7 Å². The highest BCUT2D eigenvalue weighted by molar-refractivity contribution is 14.1. The molecule has 3 aromatic rings. The van der Waals surface area contributed by atoms with Crippen molar-refractivity contribution < 1.29 is 18.9 Å². The third-order valence-electron chi connectivity index (χ3n) is 4.23. The first kappa shape index (κ1) is 21.3. The lowest BCUT2D eigenvalue weighted by Gasteiger charge is -2.14. The van der Waals surface area contributed by atoms with E-state index in [9.17, 15) is 15.4 Å². The molecule has 152 valence electrons. The molecule has 1 heterocycles. The molecule has 0 atom stereocenters. The van der Waals surface area contributed by atoms with Crippen molar-refractivity contribution in [3.05, 3.63) is 78.2 Å². The van der Waals surface area contributed by atoms with E-state index < -0.39 is 4.92 Å². The van der Waals surface area contributed by atoms with Gasteiger partial charge in [-0.05, 0) is 59.4 Å². The summed E-state index contributed by atoms with van der Waals surface area (Å²) in [5, 5.41) is 24.0. The maximum atomic E-state index is 11.2. The molecule has 1 aromatic heterocycles. The predicted octanol–water partition coefficient (Wildman–Crippen LogP) is 5.13. The smallest absolute Gasteiger partial charge is 0.338 e. The van der Waals surface area contributed by atoms with Crippen LogP contribution in [-0.2, 0) is 6.61 Å². The molecule has 0 bridgehead atoms. The highest BCUT2D eigenvalue weighted by atomic mass is 127. The predicted molar refractivity (Wildman–Crippen MR) is 118 cm³/mol. The Morgan fingerprint density at radius 2 is 2.10 bits per heavy atom. The quantitative estimate of drug-likeness (QED) is 0.243. The van der Waals surface area contributed by atoms with Gasteiger partial charge in [-0.15, -0.1) is 0 Å². The minimum atomic E-state index is -0.522. The minimum absolute atomic E-state index is 0.0694. The minimum Gasteiger partial charge on any atom is -0.493 e. The topological polar surface area (TPSA) is 111 Å². The summed E-state index contributed by atoms with van der Waals surface area (Å²) in [5.74, 6) is 1.11. The fraction of sp³-hybridized carbons (Fsp3) is 0.143. The van der Waals surface area contributed by atoms with Crippen LogP contribution >= 0.6 is 22.6 Å². The molecule has 30 heavy (non-hydrogen) atoms. The van der Waals surface area contributed by atoms with Crippen molar-refractivity contribution in [1.82, 2.24) is 5.16 Å². The second-order valence-electron chi connectivity index (χ2n) is 6.16. The maximum absolute atomic E-state index is 11.2. The number of aryl methyl sites for hydroxylation is 1. The van der Waals surface area contributed by atoms with Crippen molar-refractivity contribution in [1.29, 1.82) is 5.26 Å². The van der Waals surface area contributed by atoms with Gasteiger partial charge in [-0.2, -0.15) is 5.26 Å². The van der Waals surface area contributed by atoms with Gasteiger partial charge in [0.15, 0.2) is 17.2 Å². The zero-order valence-corrected chi connectivity index (χ0v) is 18.2. The summed E-state index contributed by atoms with van der Waals surface area (Å²) in [6.45, 7) is 1.73. The molecule has 0 radical (unpaired) electrons. The normalized spacial score (nSPS) is 10.7. The Morgan fingerprint density at radius 3 is 2.80 bits per heavy atom. The van der Waals surface area contributed by atoms with Crippen molar-refractivity contribution in [2.75, 3.05) is 7.11 Å². The SMILES string of the molecule is COc1cc(/C=C/c2onc(C)c2[N+](=O)[O-])cc(I)c1OCc1ccccc1C#N. The molecule has 0 spiro atoms. The van der Waals surface area contributed by atoms with E-state index >= 15 is 0 Å². The molecular formula is C21H16IN3O5. The highest BCUT2D eigenvalue weighted by Crippen LogP contribution is 2.35. The molecule has 0 aliphatic carbocycles. The summed E-state index contributed by atoms with van der Waals surface area (Å²) in [5.41, 5.74) is 2.12. The first-order valence-corrected chi connectivity index (χ1v) is 9.79. The van der Waals surface area contributed by atoms with Crippen molar-refractivity contribution in [2.24, 2.45) is 0 Å². The van der Waals surface area contributed by atoms with Gasteiger partial charge in [-0.25, -0.2) is 0 Å².